The molecule has 0 unspecified atom stereocenters. The summed E-state index contributed by atoms with van der Waals surface area (Å²) in [7, 11) is 0. The Morgan fingerprint density at radius 2 is 1.82 bits per heavy atom. The number of thioether (sulfide) groups is 1. The molecule has 2 saturated heterocycles. The molecule has 0 saturated carbocycles. The van der Waals surface area contributed by atoms with Crippen LogP contribution in [-0.2, 0) is 0 Å². The monoisotopic (exact) mass is 172 g/mol. The molecule has 2 rings (SSSR count). The van der Waals surface area contributed by atoms with E-state index in [1.54, 1.807) is 0 Å². The van der Waals surface area contributed by atoms with Crippen molar-refractivity contribution in [2.45, 2.75) is 24.9 Å². The van der Waals surface area contributed by atoms with Crippen molar-refractivity contribution in [1.29, 1.82) is 0 Å². The maximum atomic E-state index is 3.68. The zero-order chi connectivity index (χ0) is 7.52. The van der Waals surface area contributed by atoms with Crippen molar-refractivity contribution in [1.82, 2.24) is 10.6 Å². The Labute approximate surface area is 72.5 Å². The summed E-state index contributed by atoms with van der Waals surface area (Å²) in [4.78, 5) is 0. The van der Waals surface area contributed by atoms with Crippen molar-refractivity contribution in [3.8, 4) is 0 Å². The van der Waals surface area contributed by atoms with E-state index in [4.69, 9.17) is 0 Å². The SMILES string of the molecule is C1CC(NC2CNC2)CCS1. The fraction of sp³-hybridized carbons (Fsp3) is 1.00. The van der Waals surface area contributed by atoms with Gasteiger partial charge in [0, 0.05) is 25.2 Å². The van der Waals surface area contributed by atoms with E-state index in [-0.39, 0.29) is 0 Å². The van der Waals surface area contributed by atoms with Crippen LogP contribution in [0.1, 0.15) is 12.8 Å². The van der Waals surface area contributed by atoms with Crippen LogP contribution in [0.25, 0.3) is 0 Å². The van der Waals surface area contributed by atoms with Crippen molar-refractivity contribution >= 4 is 11.8 Å². The molecule has 64 valence electrons. The Morgan fingerprint density at radius 1 is 1.09 bits per heavy atom. The first-order chi connectivity index (χ1) is 5.45. The van der Waals surface area contributed by atoms with Crippen LogP contribution in [0.4, 0.5) is 0 Å². The third kappa shape index (κ3) is 2.10. The van der Waals surface area contributed by atoms with Crippen LogP contribution in [0.15, 0.2) is 0 Å². The quantitative estimate of drug-likeness (QED) is 0.632. The molecule has 0 bridgehead atoms. The minimum Gasteiger partial charge on any atom is -0.314 e. The van der Waals surface area contributed by atoms with Gasteiger partial charge in [0.05, 0.1) is 0 Å². The van der Waals surface area contributed by atoms with Crippen LogP contribution >= 0.6 is 11.8 Å². The standard InChI is InChI=1S/C8H16N2S/c1-3-11-4-2-7(1)10-8-5-9-6-8/h7-10H,1-6H2. The maximum absolute atomic E-state index is 3.68. The van der Waals surface area contributed by atoms with Crippen LogP contribution in [0.5, 0.6) is 0 Å². The highest BCUT2D eigenvalue weighted by Crippen LogP contribution is 2.17. The summed E-state index contributed by atoms with van der Waals surface area (Å²) < 4.78 is 0. The highest BCUT2D eigenvalue weighted by Gasteiger charge is 2.21. The summed E-state index contributed by atoms with van der Waals surface area (Å²) in [6.45, 7) is 2.37. The first-order valence-corrected chi connectivity index (χ1v) is 5.65. The summed E-state index contributed by atoms with van der Waals surface area (Å²) in [6.07, 6.45) is 2.75. The summed E-state index contributed by atoms with van der Waals surface area (Å²) in [5, 5.41) is 6.96. The second-order valence-corrected chi connectivity index (χ2v) is 4.63. The topological polar surface area (TPSA) is 24.1 Å². The number of rotatable bonds is 2. The second kappa shape index (κ2) is 3.78. The van der Waals surface area contributed by atoms with E-state index in [0.717, 1.165) is 12.1 Å². The zero-order valence-electron chi connectivity index (χ0n) is 6.81. The molecule has 3 heteroatoms. The molecule has 2 heterocycles. The highest BCUT2D eigenvalue weighted by atomic mass is 32.2. The lowest BCUT2D eigenvalue weighted by atomic mass is 10.1. The van der Waals surface area contributed by atoms with Crippen molar-refractivity contribution < 1.29 is 0 Å². The lowest BCUT2D eigenvalue weighted by molar-refractivity contribution is 0.318. The molecule has 0 atom stereocenters. The van der Waals surface area contributed by atoms with Crippen molar-refractivity contribution in [2.24, 2.45) is 0 Å². The Hall–Kier alpha value is 0.270. The molecule has 0 spiro atoms. The van der Waals surface area contributed by atoms with E-state index >= 15 is 0 Å². The van der Waals surface area contributed by atoms with Gasteiger partial charge in [-0.1, -0.05) is 0 Å². The van der Waals surface area contributed by atoms with Crippen molar-refractivity contribution in [3.63, 3.8) is 0 Å². The molecule has 0 aromatic carbocycles. The van der Waals surface area contributed by atoms with E-state index in [9.17, 15) is 0 Å². The molecule has 0 radical (unpaired) electrons. The maximum Gasteiger partial charge on any atom is 0.0319 e. The molecule has 2 nitrogen and oxygen atoms in total. The molecule has 0 aromatic rings. The normalized spacial score (nSPS) is 28.4. The van der Waals surface area contributed by atoms with Gasteiger partial charge in [-0.2, -0.15) is 11.8 Å². The molecule has 0 aliphatic carbocycles. The lowest BCUT2D eigenvalue weighted by Crippen LogP contribution is -2.58. The van der Waals surface area contributed by atoms with Gasteiger partial charge in [0.25, 0.3) is 0 Å². The Kier molecular flexibility index (Phi) is 2.72. The van der Waals surface area contributed by atoms with Crippen LogP contribution < -0.4 is 10.6 Å². The zero-order valence-corrected chi connectivity index (χ0v) is 7.62. The van der Waals surface area contributed by atoms with Gasteiger partial charge in [-0.15, -0.1) is 0 Å². The average Bonchev–Trinajstić information content (AvgIpc) is 1.99. The van der Waals surface area contributed by atoms with Gasteiger partial charge in [-0.05, 0) is 24.3 Å². The minimum absolute atomic E-state index is 0.781. The minimum atomic E-state index is 0.781. The molecule has 11 heavy (non-hydrogen) atoms. The largest absolute Gasteiger partial charge is 0.314 e. The van der Waals surface area contributed by atoms with Crippen LogP contribution in [-0.4, -0.2) is 36.7 Å². The van der Waals surface area contributed by atoms with Crippen LogP contribution in [0.2, 0.25) is 0 Å². The molecule has 0 aromatic heterocycles. The van der Waals surface area contributed by atoms with Crippen LogP contribution in [0, 0.1) is 0 Å². The number of hydrogen-bond donors (Lipinski definition) is 2. The van der Waals surface area contributed by atoms with Crippen molar-refractivity contribution in [3.05, 3.63) is 0 Å². The van der Waals surface area contributed by atoms with Crippen molar-refractivity contribution in [2.75, 3.05) is 24.6 Å². The summed E-state index contributed by atoms with van der Waals surface area (Å²) >= 11 is 2.10. The molecule has 2 aliphatic rings. The fourth-order valence-corrected chi connectivity index (χ4v) is 2.71. The highest BCUT2D eigenvalue weighted by molar-refractivity contribution is 7.99. The molecule has 2 aliphatic heterocycles. The summed E-state index contributed by atoms with van der Waals surface area (Å²) in [5.74, 6) is 2.72. The Bertz CT molecular complexity index is 119. The fourth-order valence-electron chi connectivity index (χ4n) is 1.60. The van der Waals surface area contributed by atoms with E-state index < -0.39 is 0 Å². The van der Waals surface area contributed by atoms with E-state index in [1.807, 2.05) is 0 Å². The first-order valence-electron chi connectivity index (χ1n) is 4.49. The smallest absolute Gasteiger partial charge is 0.0319 e. The molecule has 2 fully saturated rings. The van der Waals surface area contributed by atoms with Gasteiger partial charge in [0.15, 0.2) is 0 Å². The predicted octanol–water partition coefficient (Wildman–Crippen LogP) is 0.443. The average molecular weight is 172 g/mol. The number of hydrogen-bond acceptors (Lipinski definition) is 3. The van der Waals surface area contributed by atoms with Gasteiger partial charge in [0.1, 0.15) is 0 Å². The van der Waals surface area contributed by atoms with Gasteiger partial charge < -0.3 is 10.6 Å². The molecule has 0 amide bonds. The number of nitrogens with one attached hydrogen (secondary N) is 2. The van der Waals surface area contributed by atoms with Gasteiger partial charge in [-0.25, -0.2) is 0 Å². The summed E-state index contributed by atoms with van der Waals surface area (Å²) in [6, 6.07) is 1.60. The Morgan fingerprint density at radius 3 is 2.36 bits per heavy atom. The molecular weight excluding hydrogens is 156 g/mol. The third-order valence-corrected chi connectivity index (χ3v) is 3.52. The van der Waals surface area contributed by atoms with E-state index in [1.165, 1.54) is 37.4 Å². The lowest BCUT2D eigenvalue weighted by Gasteiger charge is -2.34. The third-order valence-electron chi connectivity index (χ3n) is 2.47. The van der Waals surface area contributed by atoms with Gasteiger partial charge >= 0.3 is 0 Å². The van der Waals surface area contributed by atoms with Crippen LogP contribution in [0.3, 0.4) is 0 Å². The molecule has 2 N–H and O–H groups in total. The molecular formula is C8H16N2S. The first kappa shape index (κ1) is 7.90. The van der Waals surface area contributed by atoms with E-state index in [2.05, 4.69) is 22.4 Å². The van der Waals surface area contributed by atoms with Gasteiger partial charge in [-0.3, -0.25) is 0 Å². The van der Waals surface area contributed by atoms with Gasteiger partial charge in [0.2, 0.25) is 0 Å². The van der Waals surface area contributed by atoms with E-state index in [0.29, 0.717) is 0 Å². The second-order valence-electron chi connectivity index (χ2n) is 3.41. The predicted molar refractivity (Wildman–Crippen MR) is 50.1 cm³/mol. The summed E-state index contributed by atoms with van der Waals surface area (Å²) in [5.41, 5.74) is 0. The Balaban J connectivity index is 1.67.